The minimum atomic E-state index is -1.25. The standard InChI is InChI=1S/C18H23NO4/c1-3-22-16(20)18(17(21)23-4-2)10-12-19-11-9-13-7-5-6-8-14(13)15(18)19/h5-8,15H,3-4,9-12H2,1-2H3. The predicted octanol–water partition coefficient (Wildman–Crippen LogP) is 2.10. The van der Waals surface area contributed by atoms with Gasteiger partial charge in [0.2, 0.25) is 0 Å². The quantitative estimate of drug-likeness (QED) is 0.629. The molecular weight excluding hydrogens is 294 g/mol. The lowest BCUT2D eigenvalue weighted by molar-refractivity contribution is -0.174. The number of nitrogens with zero attached hydrogens (tertiary/aromatic N) is 1. The third kappa shape index (κ3) is 2.43. The van der Waals surface area contributed by atoms with E-state index in [0.29, 0.717) is 13.0 Å². The van der Waals surface area contributed by atoms with E-state index in [9.17, 15) is 9.59 Å². The molecule has 1 unspecified atom stereocenters. The van der Waals surface area contributed by atoms with Crippen molar-refractivity contribution in [3.8, 4) is 0 Å². The Balaban J connectivity index is 2.10. The fourth-order valence-corrected chi connectivity index (χ4v) is 3.92. The van der Waals surface area contributed by atoms with Crippen molar-refractivity contribution in [1.29, 1.82) is 0 Å². The lowest BCUT2D eigenvalue weighted by Gasteiger charge is -2.38. The van der Waals surface area contributed by atoms with E-state index in [2.05, 4.69) is 11.0 Å². The fraction of sp³-hybridized carbons (Fsp3) is 0.556. The van der Waals surface area contributed by atoms with Gasteiger partial charge in [-0.25, -0.2) is 0 Å². The monoisotopic (exact) mass is 317 g/mol. The van der Waals surface area contributed by atoms with Crippen LogP contribution in [-0.4, -0.2) is 43.1 Å². The summed E-state index contributed by atoms with van der Waals surface area (Å²) in [5.41, 5.74) is 1.01. The molecule has 2 heterocycles. The van der Waals surface area contributed by atoms with Gasteiger partial charge in [0.15, 0.2) is 5.41 Å². The zero-order chi connectivity index (χ0) is 16.4. The van der Waals surface area contributed by atoms with E-state index < -0.39 is 17.4 Å². The minimum Gasteiger partial charge on any atom is -0.465 e. The molecule has 2 aliphatic rings. The van der Waals surface area contributed by atoms with Gasteiger partial charge in [0, 0.05) is 13.1 Å². The number of hydrogen-bond acceptors (Lipinski definition) is 5. The highest BCUT2D eigenvalue weighted by atomic mass is 16.6. The Morgan fingerprint density at radius 2 is 1.78 bits per heavy atom. The van der Waals surface area contributed by atoms with Crippen LogP contribution in [0.5, 0.6) is 0 Å². The maximum atomic E-state index is 12.8. The number of benzene rings is 1. The van der Waals surface area contributed by atoms with Gasteiger partial charge in [-0.1, -0.05) is 24.3 Å². The fourth-order valence-electron chi connectivity index (χ4n) is 3.92. The molecule has 5 nitrogen and oxygen atoms in total. The second-order valence-electron chi connectivity index (χ2n) is 6.05. The lowest BCUT2D eigenvalue weighted by atomic mass is 9.74. The van der Waals surface area contributed by atoms with E-state index in [0.717, 1.165) is 18.5 Å². The van der Waals surface area contributed by atoms with Crippen molar-refractivity contribution >= 4 is 11.9 Å². The van der Waals surface area contributed by atoms with Gasteiger partial charge < -0.3 is 9.47 Å². The van der Waals surface area contributed by atoms with Crippen molar-refractivity contribution in [2.75, 3.05) is 26.3 Å². The predicted molar refractivity (Wildman–Crippen MR) is 84.8 cm³/mol. The van der Waals surface area contributed by atoms with Crippen LogP contribution in [0.2, 0.25) is 0 Å². The van der Waals surface area contributed by atoms with Crippen molar-refractivity contribution in [1.82, 2.24) is 4.90 Å². The van der Waals surface area contributed by atoms with E-state index in [1.54, 1.807) is 13.8 Å². The molecule has 0 saturated carbocycles. The number of ether oxygens (including phenoxy) is 2. The summed E-state index contributed by atoms with van der Waals surface area (Å²) in [5, 5.41) is 0. The van der Waals surface area contributed by atoms with Gasteiger partial charge >= 0.3 is 11.9 Å². The number of esters is 2. The van der Waals surface area contributed by atoms with E-state index >= 15 is 0 Å². The molecule has 1 aromatic rings. The van der Waals surface area contributed by atoms with Gasteiger partial charge in [0.05, 0.1) is 19.3 Å². The molecule has 0 amide bonds. The summed E-state index contributed by atoms with van der Waals surface area (Å²) in [5.74, 6) is -0.912. The highest BCUT2D eigenvalue weighted by Crippen LogP contribution is 2.51. The smallest absolute Gasteiger partial charge is 0.325 e. The molecule has 0 aliphatic carbocycles. The first-order valence-corrected chi connectivity index (χ1v) is 8.31. The molecule has 5 heteroatoms. The number of carbonyl (C=O) groups is 2. The summed E-state index contributed by atoms with van der Waals surface area (Å²) in [4.78, 5) is 27.8. The molecule has 3 rings (SSSR count). The van der Waals surface area contributed by atoms with Crippen LogP contribution < -0.4 is 0 Å². The van der Waals surface area contributed by atoms with Gasteiger partial charge in [-0.15, -0.1) is 0 Å². The number of rotatable bonds is 4. The summed E-state index contributed by atoms with van der Waals surface area (Å²) in [6.07, 6.45) is 1.39. The Morgan fingerprint density at radius 3 is 2.43 bits per heavy atom. The summed E-state index contributed by atoms with van der Waals surface area (Å²) in [6, 6.07) is 7.77. The molecule has 1 aromatic carbocycles. The van der Waals surface area contributed by atoms with Crippen LogP contribution in [-0.2, 0) is 25.5 Å². The van der Waals surface area contributed by atoms with Crippen LogP contribution in [0.4, 0.5) is 0 Å². The van der Waals surface area contributed by atoms with Crippen LogP contribution in [0.3, 0.4) is 0 Å². The summed E-state index contributed by atoms with van der Waals surface area (Å²) in [7, 11) is 0. The van der Waals surface area contributed by atoms with Crippen molar-refractivity contribution in [2.24, 2.45) is 5.41 Å². The maximum Gasteiger partial charge on any atom is 0.325 e. The van der Waals surface area contributed by atoms with Gasteiger partial charge in [-0.05, 0) is 37.8 Å². The Kier molecular flexibility index (Phi) is 4.39. The Bertz CT molecular complexity index is 595. The van der Waals surface area contributed by atoms with Crippen molar-refractivity contribution < 1.29 is 19.1 Å². The largest absolute Gasteiger partial charge is 0.465 e. The van der Waals surface area contributed by atoms with Gasteiger partial charge in [0.1, 0.15) is 0 Å². The molecule has 0 N–H and O–H groups in total. The maximum absolute atomic E-state index is 12.8. The van der Waals surface area contributed by atoms with Crippen molar-refractivity contribution in [2.45, 2.75) is 32.7 Å². The molecule has 124 valence electrons. The lowest BCUT2D eigenvalue weighted by Crippen LogP contribution is -2.48. The van der Waals surface area contributed by atoms with Gasteiger partial charge in [0.25, 0.3) is 0 Å². The van der Waals surface area contributed by atoms with Gasteiger partial charge in [-0.3, -0.25) is 14.5 Å². The molecule has 0 aromatic heterocycles. The molecule has 0 radical (unpaired) electrons. The Labute approximate surface area is 136 Å². The van der Waals surface area contributed by atoms with E-state index in [1.807, 2.05) is 18.2 Å². The molecule has 0 spiro atoms. The number of fused-ring (bicyclic) bond motifs is 3. The van der Waals surface area contributed by atoms with E-state index in [-0.39, 0.29) is 19.3 Å². The first-order chi connectivity index (χ1) is 11.1. The summed E-state index contributed by atoms with van der Waals surface area (Å²) < 4.78 is 10.6. The third-order valence-electron chi connectivity index (χ3n) is 4.92. The third-order valence-corrected chi connectivity index (χ3v) is 4.92. The molecule has 1 atom stereocenters. The summed E-state index contributed by atoms with van der Waals surface area (Å²) in [6.45, 7) is 5.60. The second-order valence-corrected chi connectivity index (χ2v) is 6.05. The molecule has 2 aliphatic heterocycles. The first kappa shape index (κ1) is 16.0. The average Bonchev–Trinajstić information content (AvgIpc) is 2.96. The molecular formula is C18H23NO4. The highest BCUT2D eigenvalue weighted by Gasteiger charge is 2.61. The van der Waals surface area contributed by atoms with E-state index in [1.165, 1.54) is 5.56 Å². The van der Waals surface area contributed by atoms with E-state index in [4.69, 9.17) is 9.47 Å². The van der Waals surface area contributed by atoms with Crippen molar-refractivity contribution in [3.05, 3.63) is 35.4 Å². The minimum absolute atomic E-state index is 0.258. The van der Waals surface area contributed by atoms with Crippen LogP contribution in [0.1, 0.15) is 37.4 Å². The number of carbonyl (C=O) groups excluding carboxylic acids is 2. The van der Waals surface area contributed by atoms with Gasteiger partial charge in [-0.2, -0.15) is 0 Å². The zero-order valence-electron chi connectivity index (χ0n) is 13.7. The normalized spacial score (nSPS) is 22.1. The average molecular weight is 317 g/mol. The summed E-state index contributed by atoms with van der Waals surface area (Å²) >= 11 is 0. The van der Waals surface area contributed by atoms with Crippen molar-refractivity contribution in [3.63, 3.8) is 0 Å². The van der Waals surface area contributed by atoms with Crippen LogP contribution in [0.15, 0.2) is 24.3 Å². The van der Waals surface area contributed by atoms with Crippen LogP contribution in [0.25, 0.3) is 0 Å². The van der Waals surface area contributed by atoms with Crippen LogP contribution >= 0.6 is 0 Å². The zero-order valence-corrected chi connectivity index (χ0v) is 13.7. The number of hydrogen-bond donors (Lipinski definition) is 0. The molecule has 1 fully saturated rings. The second kappa shape index (κ2) is 6.32. The SMILES string of the molecule is CCOC(=O)C1(C(=O)OCC)CCN2CCc3ccccc3C21. The molecule has 23 heavy (non-hydrogen) atoms. The topological polar surface area (TPSA) is 55.8 Å². The van der Waals surface area contributed by atoms with Crippen LogP contribution in [0, 0.1) is 5.41 Å². The Hall–Kier alpha value is -1.88. The first-order valence-electron chi connectivity index (χ1n) is 8.31. The molecule has 1 saturated heterocycles. The Morgan fingerprint density at radius 1 is 1.13 bits per heavy atom. The molecule has 0 bridgehead atoms. The highest BCUT2D eigenvalue weighted by molar-refractivity contribution is 6.01.